The highest BCUT2D eigenvalue weighted by atomic mass is 16.2. The normalized spacial score (nSPS) is 27.2. The van der Waals surface area contributed by atoms with Gasteiger partial charge in [-0.1, -0.05) is 47.5 Å². The van der Waals surface area contributed by atoms with E-state index in [1.165, 1.54) is 0 Å². The molecule has 21 heavy (non-hydrogen) atoms. The summed E-state index contributed by atoms with van der Waals surface area (Å²) in [6, 6.07) is -0.545. The number of rotatable bonds is 7. The van der Waals surface area contributed by atoms with Gasteiger partial charge in [0.25, 0.3) is 0 Å². The Hall–Kier alpha value is -1.06. The van der Waals surface area contributed by atoms with Crippen molar-refractivity contribution < 1.29 is 9.59 Å². The van der Waals surface area contributed by atoms with Crippen molar-refractivity contribution in [2.75, 3.05) is 0 Å². The first-order valence-corrected chi connectivity index (χ1v) is 8.49. The van der Waals surface area contributed by atoms with Crippen LogP contribution in [0.5, 0.6) is 0 Å². The summed E-state index contributed by atoms with van der Waals surface area (Å²) in [4.78, 5) is 27.1. The predicted molar refractivity (Wildman–Crippen MR) is 85.8 cm³/mol. The zero-order valence-electron chi connectivity index (χ0n) is 14.5. The molecule has 1 heterocycles. The molecular formula is C17H32N2O2. The van der Waals surface area contributed by atoms with E-state index in [1.54, 1.807) is 0 Å². The molecule has 122 valence electrons. The van der Waals surface area contributed by atoms with Crippen LogP contribution in [0.25, 0.3) is 0 Å². The third-order valence-electron chi connectivity index (χ3n) is 4.97. The molecular weight excluding hydrogens is 264 g/mol. The maximum atomic E-state index is 12.9. The summed E-state index contributed by atoms with van der Waals surface area (Å²) in [5.41, 5.74) is 0. The molecule has 0 aromatic heterocycles. The molecule has 1 fully saturated rings. The molecule has 1 aliphatic rings. The third-order valence-corrected chi connectivity index (χ3v) is 4.97. The van der Waals surface area contributed by atoms with Crippen LogP contribution >= 0.6 is 0 Å². The minimum absolute atomic E-state index is 0.0124. The summed E-state index contributed by atoms with van der Waals surface area (Å²) in [7, 11) is 0. The standard InChI is InChI=1S/C17H32N2O2/c1-7-11(4)10-13(6)19-14(9-3)16(20)18-15(17(19)21)12(5)8-2/h11-15H,7-10H2,1-6H3,(H,18,20). The van der Waals surface area contributed by atoms with E-state index in [-0.39, 0.29) is 35.9 Å². The molecule has 2 amide bonds. The second-order valence-electron chi connectivity index (χ2n) is 6.64. The van der Waals surface area contributed by atoms with Gasteiger partial charge in [0.05, 0.1) is 0 Å². The van der Waals surface area contributed by atoms with Crippen LogP contribution in [-0.2, 0) is 9.59 Å². The van der Waals surface area contributed by atoms with Crippen molar-refractivity contribution in [1.82, 2.24) is 10.2 Å². The van der Waals surface area contributed by atoms with Gasteiger partial charge in [-0.2, -0.15) is 0 Å². The van der Waals surface area contributed by atoms with Crippen molar-refractivity contribution in [3.63, 3.8) is 0 Å². The Morgan fingerprint density at radius 2 is 1.71 bits per heavy atom. The van der Waals surface area contributed by atoms with E-state index in [4.69, 9.17) is 0 Å². The van der Waals surface area contributed by atoms with Crippen LogP contribution in [-0.4, -0.2) is 34.8 Å². The van der Waals surface area contributed by atoms with E-state index in [0.29, 0.717) is 12.3 Å². The fourth-order valence-corrected chi connectivity index (χ4v) is 3.14. The average Bonchev–Trinajstić information content (AvgIpc) is 2.47. The number of hydrogen-bond donors (Lipinski definition) is 1. The SMILES string of the molecule is CCC(C)CC(C)N1C(=O)C(C(C)CC)NC(=O)C1CC. The molecule has 0 spiro atoms. The number of carbonyl (C=O) groups excluding carboxylic acids is 2. The lowest BCUT2D eigenvalue weighted by molar-refractivity contribution is -0.153. The minimum Gasteiger partial charge on any atom is -0.342 e. The van der Waals surface area contributed by atoms with Crippen LogP contribution in [0, 0.1) is 11.8 Å². The van der Waals surface area contributed by atoms with Crippen LogP contribution in [0.3, 0.4) is 0 Å². The predicted octanol–water partition coefficient (Wildman–Crippen LogP) is 2.96. The molecule has 0 bridgehead atoms. The monoisotopic (exact) mass is 296 g/mol. The smallest absolute Gasteiger partial charge is 0.246 e. The zero-order valence-corrected chi connectivity index (χ0v) is 14.5. The lowest BCUT2D eigenvalue weighted by Crippen LogP contribution is -2.66. The van der Waals surface area contributed by atoms with Crippen molar-refractivity contribution in [2.45, 2.75) is 85.4 Å². The number of amides is 2. The minimum atomic E-state index is -0.357. The summed E-state index contributed by atoms with van der Waals surface area (Å²) in [5, 5.41) is 2.94. The molecule has 4 heteroatoms. The second kappa shape index (κ2) is 7.81. The number of carbonyl (C=O) groups is 2. The molecule has 4 nitrogen and oxygen atoms in total. The van der Waals surface area contributed by atoms with Crippen molar-refractivity contribution >= 4 is 11.8 Å². The topological polar surface area (TPSA) is 49.4 Å². The fourth-order valence-electron chi connectivity index (χ4n) is 3.14. The van der Waals surface area contributed by atoms with Crippen LogP contribution in [0.1, 0.15) is 67.2 Å². The maximum Gasteiger partial charge on any atom is 0.246 e. The van der Waals surface area contributed by atoms with Gasteiger partial charge in [0, 0.05) is 6.04 Å². The van der Waals surface area contributed by atoms with Crippen molar-refractivity contribution in [1.29, 1.82) is 0 Å². The lowest BCUT2D eigenvalue weighted by Gasteiger charge is -2.44. The molecule has 0 aliphatic carbocycles. The number of nitrogens with zero attached hydrogens (tertiary/aromatic N) is 1. The van der Waals surface area contributed by atoms with E-state index >= 15 is 0 Å². The van der Waals surface area contributed by atoms with Crippen LogP contribution in [0.4, 0.5) is 0 Å². The van der Waals surface area contributed by atoms with Gasteiger partial charge in [0.1, 0.15) is 12.1 Å². The molecule has 0 aromatic rings. The van der Waals surface area contributed by atoms with E-state index in [2.05, 4.69) is 33.0 Å². The fraction of sp³-hybridized carbons (Fsp3) is 0.882. The highest BCUT2D eigenvalue weighted by Crippen LogP contribution is 2.25. The van der Waals surface area contributed by atoms with Gasteiger partial charge in [-0.25, -0.2) is 0 Å². The van der Waals surface area contributed by atoms with Crippen LogP contribution in [0.2, 0.25) is 0 Å². The first kappa shape index (κ1) is 18.0. The van der Waals surface area contributed by atoms with E-state index in [0.717, 1.165) is 19.3 Å². The van der Waals surface area contributed by atoms with Crippen molar-refractivity contribution in [3.05, 3.63) is 0 Å². The van der Waals surface area contributed by atoms with E-state index < -0.39 is 0 Å². The molecule has 5 unspecified atom stereocenters. The summed E-state index contributed by atoms with van der Waals surface area (Å²) in [6.45, 7) is 12.5. The molecule has 1 aliphatic heterocycles. The van der Waals surface area contributed by atoms with Gasteiger partial charge in [-0.15, -0.1) is 0 Å². The largest absolute Gasteiger partial charge is 0.342 e. The van der Waals surface area contributed by atoms with Gasteiger partial charge in [0.2, 0.25) is 11.8 Å². The molecule has 0 radical (unpaired) electrons. The Morgan fingerprint density at radius 1 is 1.10 bits per heavy atom. The average molecular weight is 296 g/mol. The summed E-state index contributed by atoms with van der Waals surface area (Å²) in [6.07, 6.45) is 3.63. The summed E-state index contributed by atoms with van der Waals surface area (Å²) in [5.74, 6) is 0.861. The zero-order chi connectivity index (χ0) is 16.2. The van der Waals surface area contributed by atoms with Crippen molar-refractivity contribution in [3.8, 4) is 0 Å². The Labute approximate surface area is 129 Å². The molecule has 1 saturated heterocycles. The van der Waals surface area contributed by atoms with E-state index in [9.17, 15) is 9.59 Å². The molecule has 1 N–H and O–H groups in total. The number of piperazine rings is 1. The van der Waals surface area contributed by atoms with Crippen LogP contribution in [0.15, 0.2) is 0 Å². The molecule has 0 aromatic carbocycles. The first-order chi connectivity index (χ1) is 9.87. The van der Waals surface area contributed by atoms with Gasteiger partial charge in [-0.3, -0.25) is 9.59 Å². The molecule has 5 atom stereocenters. The Bertz CT molecular complexity index is 370. The van der Waals surface area contributed by atoms with Crippen molar-refractivity contribution in [2.24, 2.45) is 11.8 Å². The Kier molecular flexibility index (Phi) is 6.69. The Morgan fingerprint density at radius 3 is 2.19 bits per heavy atom. The van der Waals surface area contributed by atoms with E-state index in [1.807, 2.05) is 18.7 Å². The van der Waals surface area contributed by atoms with Gasteiger partial charge < -0.3 is 10.2 Å². The molecule has 0 saturated carbocycles. The highest BCUT2D eigenvalue weighted by molar-refractivity contribution is 5.97. The van der Waals surface area contributed by atoms with Gasteiger partial charge in [0.15, 0.2) is 0 Å². The summed E-state index contributed by atoms with van der Waals surface area (Å²) < 4.78 is 0. The second-order valence-corrected chi connectivity index (χ2v) is 6.64. The first-order valence-electron chi connectivity index (χ1n) is 8.49. The van der Waals surface area contributed by atoms with Gasteiger partial charge >= 0.3 is 0 Å². The maximum absolute atomic E-state index is 12.9. The highest BCUT2D eigenvalue weighted by Gasteiger charge is 2.43. The lowest BCUT2D eigenvalue weighted by atomic mass is 9.90. The third kappa shape index (κ3) is 3.98. The summed E-state index contributed by atoms with van der Waals surface area (Å²) >= 11 is 0. The van der Waals surface area contributed by atoms with Gasteiger partial charge in [-0.05, 0) is 31.6 Å². The quantitative estimate of drug-likeness (QED) is 0.785. The number of nitrogens with one attached hydrogen (secondary N) is 1. The number of hydrogen-bond acceptors (Lipinski definition) is 2. The Balaban J connectivity index is 2.98. The van der Waals surface area contributed by atoms with Crippen LogP contribution < -0.4 is 5.32 Å². The molecule has 1 rings (SSSR count).